The van der Waals surface area contributed by atoms with Gasteiger partial charge in [-0.15, -0.1) is 11.8 Å². The maximum absolute atomic E-state index is 13.4. The Labute approximate surface area is 106 Å². The predicted molar refractivity (Wildman–Crippen MR) is 65.6 cm³/mol. The maximum Gasteiger partial charge on any atom is 0.251 e. The van der Waals surface area contributed by atoms with Crippen molar-refractivity contribution < 1.29 is 13.2 Å². The van der Waals surface area contributed by atoms with E-state index in [1.807, 2.05) is 12.3 Å². The van der Waals surface area contributed by atoms with Gasteiger partial charge in [0.15, 0.2) is 17.5 Å². The smallest absolute Gasteiger partial charge is 0.251 e. The molecule has 0 aliphatic heterocycles. The quantitative estimate of drug-likeness (QED) is 0.675. The van der Waals surface area contributed by atoms with Crippen molar-refractivity contribution in [2.75, 3.05) is 11.6 Å². The number of anilines is 2. The zero-order valence-corrected chi connectivity index (χ0v) is 10.2. The third-order valence-electron chi connectivity index (χ3n) is 2.22. The first-order valence-electron chi connectivity index (χ1n) is 5.03. The third-order valence-corrected chi connectivity index (χ3v) is 2.94. The zero-order chi connectivity index (χ0) is 13.1. The first-order chi connectivity index (χ1) is 8.60. The average Bonchev–Trinajstić information content (AvgIpc) is 2.36. The Morgan fingerprint density at radius 1 is 1.11 bits per heavy atom. The molecule has 1 aromatic heterocycles. The first kappa shape index (κ1) is 12.8. The largest absolute Gasteiger partial charge is 0.338 e. The van der Waals surface area contributed by atoms with E-state index < -0.39 is 17.6 Å². The molecule has 94 valence electrons. The van der Waals surface area contributed by atoms with Crippen molar-refractivity contribution in [3.05, 3.63) is 47.9 Å². The molecule has 0 radical (unpaired) electrons. The van der Waals surface area contributed by atoms with Crippen molar-refractivity contribution in [3.63, 3.8) is 0 Å². The van der Waals surface area contributed by atoms with Crippen molar-refractivity contribution in [1.29, 1.82) is 0 Å². The van der Waals surface area contributed by atoms with Gasteiger partial charge >= 0.3 is 0 Å². The molecule has 1 aromatic carbocycles. The third kappa shape index (κ3) is 2.76. The number of halogens is 3. The second-order valence-corrected chi connectivity index (χ2v) is 4.33. The topological polar surface area (TPSA) is 24.9 Å². The number of thioether (sulfide) groups is 1. The number of nitrogens with zero attached hydrogens (tertiary/aromatic N) is 1. The minimum atomic E-state index is -1.33. The van der Waals surface area contributed by atoms with Crippen LogP contribution in [0.25, 0.3) is 0 Å². The normalized spacial score (nSPS) is 10.4. The molecule has 0 bridgehead atoms. The van der Waals surface area contributed by atoms with Crippen LogP contribution in [0.1, 0.15) is 0 Å². The Balaban J connectivity index is 2.30. The molecule has 0 unspecified atom stereocenters. The minimum Gasteiger partial charge on any atom is -0.338 e. The van der Waals surface area contributed by atoms with Gasteiger partial charge < -0.3 is 5.32 Å². The number of pyridine rings is 1. The molecule has 18 heavy (non-hydrogen) atoms. The van der Waals surface area contributed by atoms with Crippen LogP contribution in [0, 0.1) is 17.6 Å². The van der Waals surface area contributed by atoms with Crippen LogP contribution in [-0.2, 0) is 0 Å². The summed E-state index contributed by atoms with van der Waals surface area (Å²) < 4.78 is 39.0. The lowest BCUT2D eigenvalue weighted by atomic mass is 10.3. The Hall–Kier alpha value is -1.69. The van der Waals surface area contributed by atoms with E-state index in [-0.39, 0.29) is 5.82 Å². The van der Waals surface area contributed by atoms with Crippen LogP contribution in [0.3, 0.4) is 0 Å². The molecule has 0 amide bonds. The fourth-order valence-electron chi connectivity index (χ4n) is 1.37. The molecule has 2 aromatic rings. The van der Waals surface area contributed by atoms with Crippen molar-refractivity contribution in [2.24, 2.45) is 0 Å². The van der Waals surface area contributed by atoms with E-state index in [9.17, 15) is 13.2 Å². The highest BCUT2D eigenvalue weighted by Crippen LogP contribution is 2.23. The summed E-state index contributed by atoms with van der Waals surface area (Å²) in [5, 5.41) is 2.61. The number of hydrogen-bond donors (Lipinski definition) is 1. The maximum atomic E-state index is 13.4. The molecule has 2 rings (SSSR count). The summed E-state index contributed by atoms with van der Waals surface area (Å²) in [5.74, 6) is -3.92. The van der Waals surface area contributed by atoms with Crippen molar-refractivity contribution in [3.8, 4) is 0 Å². The molecule has 6 heteroatoms. The van der Waals surface area contributed by atoms with Crippen LogP contribution >= 0.6 is 11.8 Å². The lowest BCUT2D eigenvalue weighted by Gasteiger charge is -2.08. The van der Waals surface area contributed by atoms with Crippen LogP contribution < -0.4 is 5.32 Å². The molecule has 0 spiro atoms. The van der Waals surface area contributed by atoms with Gasteiger partial charge in [0.05, 0.1) is 0 Å². The summed E-state index contributed by atoms with van der Waals surface area (Å²) in [7, 11) is 0. The van der Waals surface area contributed by atoms with Gasteiger partial charge in [0, 0.05) is 16.6 Å². The van der Waals surface area contributed by atoms with Gasteiger partial charge in [0.25, 0.3) is 5.95 Å². The van der Waals surface area contributed by atoms with Crippen molar-refractivity contribution >= 4 is 23.3 Å². The first-order valence-corrected chi connectivity index (χ1v) is 6.25. The Morgan fingerprint density at radius 2 is 1.89 bits per heavy atom. The molecule has 0 aliphatic carbocycles. The van der Waals surface area contributed by atoms with E-state index in [1.165, 1.54) is 11.8 Å². The lowest BCUT2D eigenvalue weighted by Crippen LogP contribution is -2.01. The summed E-state index contributed by atoms with van der Waals surface area (Å²) in [4.78, 5) is 4.15. The standard InChI is InChI=1S/C12H9F3N2S/c1-18-8-4-2-3-7(5-8)16-12-10(14)6-9(13)11(15)17-12/h2-6H,1H3,(H,16,17). The van der Waals surface area contributed by atoms with Crippen LogP contribution in [-0.4, -0.2) is 11.2 Å². The number of nitrogens with one attached hydrogen (secondary N) is 1. The van der Waals surface area contributed by atoms with Gasteiger partial charge in [-0.05, 0) is 24.5 Å². The van der Waals surface area contributed by atoms with Gasteiger partial charge in [0.1, 0.15) is 0 Å². The SMILES string of the molecule is CSc1cccc(Nc2nc(F)c(F)cc2F)c1. The van der Waals surface area contributed by atoms with Gasteiger partial charge in [0.2, 0.25) is 0 Å². The van der Waals surface area contributed by atoms with Gasteiger partial charge in [-0.2, -0.15) is 9.37 Å². The molecule has 0 aliphatic rings. The molecule has 0 atom stereocenters. The van der Waals surface area contributed by atoms with E-state index in [2.05, 4.69) is 10.3 Å². The molecular weight excluding hydrogens is 261 g/mol. The van der Waals surface area contributed by atoms with Gasteiger partial charge in [-0.25, -0.2) is 8.78 Å². The highest BCUT2D eigenvalue weighted by molar-refractivity contribution is 7.98. The van der Waals surface area contributed by atoms with E-state index in [4.69, 9.17) is 0 Å². The molecule has 1 N–H and O–H groups in total. The molecule has 2 nitrogen and oxygen atoms in total. The second-order valence-electron chi connectivity index (χ2n) is 3.45. The Morgan fingerprint density at radius 3 is 2.61 bits per heavy atom. The summed E-state index contributed by atoms with van der Waals surface area (Å²) in [6.45, 7) is 0. The molecule has 0 saturated carbocycles. The van der Waals surface area contributed by atoms with Crippen LogP contribution in [0.2, 0.25) is 0 Å². The van der Waals surface area contributed by atoms with Crippen LogP contribution in [0.15, 0.2) is 35.2 Å². The summed E-state index contributed by atoms with van der Waals surface area (Å²) in [6.07, 6.45) is 1.90. The molecule has 0 saturated heterocycles. The van der Waals surface area contributed by atoms with Crippen LogP contribution in [0.4, 0.5) is 24.7 Å². The van der Waals surface area contributed by atoms with Gasteiger partial charge in [-0.1, -0.05) is 6.07 Å². The minimum absolute atomic E-state index is 0.341. The Kier molecular flexibility index (Phi) is 3.76. The number of aromatic nitrogens is 1. The lowest BCUT2D eigenvalue weighted by molar-refractivity contribution is 0.467. The van der Waals surface area contributed by atoms with E-state index in [1.54, 1.807) is 18.2 Å². The Bertz CT molecular complexity index is 575. The summed E-state index contributed by atoms with van der Waals surface area (Å²) in [5.41, 5.74) is 0.555. The molecule has 0 fully saturated rings. The fraction of sp³-hybridized carbons (Fsp3) is 0.0833. The summed E-state index contributed by atoms with van der Waals surface area (Å²) >= 11 is 1.52. The molecule has 1 heterocycles. The van der Waals surface area contributed by atoms with Crippen molar-refractivity contribution in [1.82, 2.24) is 4.98 Å². The highest BCUT2D eigenvalue weighted by atomic mass is 32.2. The zero-order valence-electron chi connectivity index (χ0n) is 9.38. The van der Waals surface area contributed by atoms with Crippen LogP contribution in [0.5, 0.6) is 0 Å². The monoisotopic (exact) mass is 270 g/mol. The fourth-order valence-corrected chi connectivity index (χ4v) is 1.83. The summed E-state index contributed by atoms with van der Waals surface area (Å²) in [6, 6.07) is 7.55. The highest BCUT2D eigenvalue weighted by Gasteiger charge is 2.11. The number of rotatable bonds is 3. The van der Waals surface area contributed by atoms with Gasteiger partial charge in [-0.3, -0.25) is 0 Å². The predicted octanol–water partition coefficient (Wildman–Crippen LogP) is 3.96. The number of benzene rings is 1. The number of hydrogen-bond acceptors (Lipinski definition) is 3. The van der Waals surface area contributed by atoms with E-state index in [0.717, 1.165) is 4.90 Å². The second kappa shape index (κ2) is 5.30. The van der Waals surface area contributed by atoms with E-state index >= 15 is 0 Å². The molecular formula is C12H9F3N2S. The average molecular weight is 270 g/mol. The van der Waals surface area contributed by atoms with Crippen molar-refractivity contribution in [2.45, 2.75) is 4.90 Å². The van der Waals surface area contributed by atoms with E-state index in [0.29, 0.717) is 11.8 Å².